The first-order valence-electron chi connectivity index (χ1n) is 5.35. The molecule has 0 bridgehead atoms. The van der Waals surface area contributed by atoms with Gasteiger partial charge in [-0.25, -0.2) is 0 Å². The minimum absolute atomic E-state index is 0.231. The van der Waals surface area contributed by atoms with Gasteiger partial charge in [0.25, 0.3) is 0 Å². The minimum Gasteiger partial charge on any atom is -0.496 e. The summed E-state index contributed by atoms with van der Waals surface area (Å²) >= 11 is 13.4. The van der Waals surface area contributed by atoms with E-state index in [9.17, 15) is 0 Å². The van der Waals surface area contributed by atoms with Crippen LogP contribution in [0.15, 0.2) is 51.4 Å². The van der Waals surface area contributed by atoms with Crippen molar-refractivity contribution in [3.63, 3.8) is 0 Å². The highest BCUT2D eigenvalue weighted by molar-refractivity contribution is 9.10. The Balaban J connectivity index is 2.41. The van der Waals surface area contributed by atoms with Crippen molar-refractivity contribution in [3.05, 3.63) is 62.5 Å². The molecule has 0 N–H and O–H groups in total. The number of alkyl halides is 1. The average molecular weight is 391 g/mol. The molecule has 0 heterocycles. The van der Waals surface area contributed by atoms with Gasteiger partial charge in [0.05, 0.1) is 12.5 Å². The quantitative estimate of drug-likeness (QED) is 0.625. The number of benzene rings is 2. The zero-order chi connectivity index (χ0) is 13.1. The van der Waals surface area contributed by atoms with Crippen molar-refractivity contribution in [1.29, 1.82) is 0 Å². The number of hydrogen-bond donors (Lipinski definition) is 0. The van der Waals surface area contributed by atoms with Gasteiger partial charge in [-0.15, -0.1) is 11.6 Å². The molecule has 0 fully saturated rings. The molecule has 0 saturated carbocycles. The van der Waals surface area contributed by atoms with Gasteiger partial charge in [0.2, 0.25) is 0 Å². The summed E-state index contributed by atoms with van der Waals surface area (Å²) in [5.41, 5.74) is 1.99. The summed E-state index contributed by atoms with van der Waals surface area (Å²) in [5.74, 6) is 0.793. The van der Waals surface area contributed by atoms with E-state index in [1.165, 1.54) is 0 Å². The number of hydrogen-bond acceptors (Lipinski definition) is 1. The fraction of sp³-hybridized carbons (Fsp3) is 0.143. The van der Waals surface area contributed by atoms with Gasteiger partial charge in [0, 0.05) is 14.5 Å². The number of methoxy groups -OCH3 is 1. The monoisotopic (exact) mass is 388 g/mol. The van der Waals surface area contributed by atoms with E-state index >= 15 is 0 Å². The van der Waals surface area contributed by atoms with Gasteiger partial charge < -0.3 is 4.74 Å². The van der Waals surface area contributed by atoms with Crippen LogP contribution in [-0.2, 0) is 0 Å². The second kappa shape index (κ2) is 6.09. The summed E-state index contributed by atoms with van der Waals surface area (Å²) in [5, 5.41) is -0.231. The van der Waals surface area contributed by atoms with Crippen LogP contribution < -0.4 is 4.74 Å². The summed E-state index contributed by atoms with van der Waals surface area (Å²) in [6.07, 6.45) is 0. The first-order chi connectivity index (χ1) is 8.61. The van der Waals surface area contributed by atoms with Crippen molar-refractivity contribution in [1.82, 2.24) is 0 Å². The lowest BCUT2D eigenvalue weighted by atomic mass is 10.0. The minimum atomic E-state index is -0.231. The smallest absolute Gasteiger partial charge is 0.123 e. The molecule has 1 atom stereocenters. The van der Waals surface area contributed by atoms with Crippen LogP contribution in [0.2, 0.25) is 0 Å². The molecule has 2 rings (SSSR count). The fourth-order valence-electron chi connectivity index (χ4n) is 1.71. The van der Waals surface area contributed by atoms with E-state index in [4.69, 9.17) is 16.3 Å². The molecule has 94 valence electrons. The lowest BCUT2D eigenvalue weighted by Crippen LogP contribution is -1.97. The SMILES string of the molecule is COc1ccc(Br)cc1C(Cl)c1ccc(Br)cc1. The topological polar surface area (TPSA) is 9.23 Å². The normalized spacial score (nSPS) is 12.2. The van der Waals surface area contributed by atoms with Gasteiger partial charge in [-0.1, -0.05) is 44.0 Å². The molecule has 2 aromatic rings. The molecule has 1 unspecified atom stereocenters. The second-order valence-corrected chi connectivity index (χ2v) is 6.07. The molecule has 0 aliphatic rings. The third-order valence-corrected chi connectivity index (χ3v) is 4.14. The molecule has 0 aliphatic heterocycles. The molecule has 0 aliphatic carbocycles. The van der Waals surface area contributed by atoms with Gasteiger partial charge in [-0.2, -0.15) is 0 Å². The van der Waals surface area contributed by atoms with Crippen LogP contribution in [0.1, 0.15) is 16.5 Å². The highest BCUT2D eigenvalue weighted by atomic mass is 79.9. The lowest BCUT2D eigenvalue weighted by molar-refractivity contribution is 0.410. The Hall–Kier alpha value is -0.510. The van der Waals surface area contributed by atoms with E-state index in [-0.39, 0.29) is 5.38 Å². The Morgan fingerprint density at radius 3 is 2.22 bits per heavy atom. The summed E-state index contributed by atoms with van der Waals surface area (Å²) in [4.78, 5) is 0. The molecular weight excluding hydrogens is 379 g/mol. The fourth-order valence-corrected chi connectivity index (χ4v) is 2.67. The highest BCUT2D eigenvalue weighted by Crippen LogP contribution is 2.36. The van der Waals surface area contributed by atoms with Crippen LogP contribution in [0, 0.1) is 0 Å². The zero-order valence-corrected chi connectivity index (χ0v) is 13.6. The number of rotatable bonds is 3. The van der Waals surface area contributed by atoms with Gasteiger partial charge in [0.15, 0.2) is 0 Å². The van der Waals surface area contributed by atoms with Crippen molar-refractivity contribution in [3.8, 4) is 5.75 Å². The van der Waals surface area contributed by atoms with E-state index < -0.39 is 0 Å². The molecule has 0 radical (unpaired) electrons. The van der Waals surface area contributed by atoms with Crippen LogP contribution in [-0.4, -0.2) is 7.11 Å². The predicted molar refractivity (Wildman–Crippen MR) is 82.5 cm³/mol. The van der Waals surface area contributed by atoms with Crippen molar-refractivity contribution < 1.29 is 4.74 Å². The maximum Gasteiger partial charge on any atom is 0.123 e. The van der Waals surface area contributed by atoms with Crippen molar-refractivity contribution in [2.45, 2.75) is 5.38 Å². The predicted octanol–water partition coefficient (Wildman–Crippen LogP) is 5.55. The third-order valence-electron chi connectivity index (χ3n) is 2.63. The molecule has 0 spiro atoms. The number of halogens is 3. The maximum atomic E-state index is 6.52. The summed E-state index contributed by atoms with van der Waals surface area (Å²) in [6, 6.07) is 13.8. The molecular formula is C14H11Br2ClO. The third kappa shape index (κ3) is 3.08. The largest absolute Gasteiger partial charge is 0.496 e. The highest BCUT2D eigenvalue weighted by Gasteiger charge is 2.16. The van der Waals surface area contributed by atoms with Crippen LogP contribution >= 0.6 is 43.5 Å². The van der Waals surface area contributed by atoms with Crippen LogP contribution in [0.3, 0.4) is 0 Å². The standard InChI is InChI=1S/C14H11Br2ClO/c1-18-13-7-6-11(16)8-12(13)14(17)9-2-4-10(15)5-3-9/h2-8,14H,1H3. The Morgan fingerprint density at radius 2 is 1.61 bits per heavy atom. The molecule has 0 aromatic heterocycles. The van der Waals surface area contributed by atoms with Crippen LogP contribution in [0.4, 0.5) is 0 Å². The first kappa shape index (κ1) is 13.9. The average Bonchev–Trinajstić information content (AvgIpc) is 2.39. The van der Waals surface area contributed by atoms with Crippen molar-refractivity contribution in [2.75, 3.05) is 7.11 Å². The second-order valence-electron chi connectivity index (χ2n) is 3.80. The van der Waals surface area contributed by atoms with E-state index in [1.807, 2.05) is 42.5 Å². The Morgan fingerprint density at radius 1 is 1.00 bits per heavy atom. The van der Waals surface area contributed by atoms with Crippen molar-refractivity contribution in [2.24, 2.45) is 0 Å². The molecule has 18 heavy (non-hydrogen) atoms. The Labute approximate surface area is 128 Å². The maximum absolute atomic E-state index is 6.52. The Kier molecular flexibility index (Phi) is 4.71. The van der Waals surface area contributed by atoms with Gasteiger partial charge >= 0.3 is 0 Å². The lowest BCUT2D eigenvalue weighted by Gasteiger charge is -2.15. The molecule has 0 saturated heterocycles. The Bertz CT molecular complexity index is 540. The van der Waals surface area contributed by atoms with Gasteiger partial charge in [0.1, 0.15) is 5.75 Å². The van der Waals surface area contributed by atoms with E-state index in [1.54, 1.807) is 7.11 Å². The molecule has 4 heteroatoms. The summed E-state index contributed by atoms with van der Waals surface area (Å²) < 4.78 is 7.38. The molecule has 0 amide bonds. The van der Waals surface area contributed by atoms with E-state index in [0.717, 1.165) is 25.8 Å². The zero-order valence-electron chi connectivity index (χ0n) is 9.66. The first-order valence-corrected chi connectivity index (χ1v) is 7.37. The van der Waals surface area contributed by atoms with E-state index in [2.05, 4.69) is 31.9 Å². The van der Waals surface area contributed by atoms with Gasteiger partial charge in [-0.05, 0) is 35.9 Å². The summed E-state index contributed by atoms with van der Waals surface area (Å²) in [6.45, 7) is 0. The molecule has 2 aromatic carbocycles. The summed E-state index contributed by atoms with van der Waals surface area (Å²) in [7, 11) is 1.65. The van der Waals surface area contributed by atoms with Crippen LogP contribution in [0.25, 0.3) is 0 Å². The number of ether oxygens (including phenoxy) is 1. The van der Waals surface area contributed by atoms with Crippen molar-refractivity contribution >= 4 is 43.5 Å². The molecule has 1 nitrogen and oxygen atoms in total. The van der Waals surface area contributed by atoms with Crippen LogP contribution in [0.5, 0.6) is 5.75 Å². The van der Waals surface area contributed by atoms with E-state index in [0.29, 0.717) is 0 Å². The van der Waals surface area contributed by atoms with Gasteiger partial charge in [-0.3, -0.25) is 0 Å².